The lowest BCUT2D eigenvalue weighted by atomic mass is 10.1. The van der Waals surface area contributed by atoms with E-state index >= 15 is 0 Å². The van der Waals surface area contributed by atoms with Crippen LogP contribution in [0.1, 0.15) is 18.4 Å². The molecule has 0 bridgehead atoms. The van der Waals surface area contributed by atoms with Crippen molar-refractivity contribution < 1.29 is 0 Å². The minimum absolute atomic E-state index is 0.610. The van der Waals surface area contributed by atoms with E-state index in [1.54, 1.807) is 0 Å². The first-order valence-corrected chi connectivity index (χ1v) is 7.11. The molecule has 1 aromatic carbocycles. The van der Waals surface area contributed by atoms with Gasteiger partial charge in [-0.05, 0) is 43.1 Å². The maximum atomic E-state index is 5.24. The Kier molecular flexibility index (Phi) is 3.60. The molecule has 2 N–H and O–H groups in total. The van der Waals surface area contributed by atoms with Crippen LogP contribution in [0.25, 0.3) is 10.9 Å². The lowest BCUT2D eigenvalue weighted by Gasteiger charge is -2.10. The Labute approximate surface area is 118 Å². The summed E-state index contributed by atoms with van der Waals surface area (Å²) in [7, 11) is 0. The van der Waals surface area contributed by atoms with E-state index in [1.165, 1.54) is 23.8 Å². The van der Waals surface area contributed by atoms with Crippen LogP contribution in [0.2, 0.25) is 0 Å². The van der Waals surface area contributed by atoms with Crippen LogP contribution in [0.15, 0.2) is 36.5 Å². The van der Waals surface area contributed by atoms with Crippen molar-refractivity contribution >= 4 is 28.2 Å². The van der Waals surface area contributed by atoms with Crippen LogP contribution in [0, 0.1) is 0 Å². The summed E-state index contributed by atoms with van der Waals surface area (Å²) in [6, 6.07) is 11.0. The first kappa shape index (κ1) is 12.4. The van der Waals surface area contributed by atoms with E-state index in [-0.39, 0.29) is 0 Å². The normalized spacial score (nSPS) is 14.3. The molecule has 1 aliphatic carbocycles. The molecule has 98 valence electrons. The van der Waals surface area contributed by atoms with Gasteiger partial charge in [0.05, 0.1) is 5.52 Å². The van der Waals surface area contributed by atoms with Gasteiger partial charge in [-0.1, -0.05) is 24.3 Å². The molecule has 1 heterocycles. The third kappa shape index (κ3) is 3.20. The zero-order valence-electron chi connectivity index (χ0n) is 10.7. The fourth-order valence-electron chi connectivity index (χ4n) is 2.14. The summed E-state index contributed by atoms with van der Waals surface area (Å²) < 4.78 is 0. The van der Waals surface area contributed by atoms with Crippen LogP contribution in [0.4, 0.5) is 0 Å². The second-order valence-electron chi connectivity index (χ2n) is 4.92. The summed E-state index contributed by atoms with van der Waals surface area (Å²) in [6.07, 6.45) is 5.27. The number of para-hydroxylation sites is 1. The number of pyridine rings is 1. The number of hydrogen-bond donors (Lipinski definition) is 2. The topological polar surface area (TPSA) is 37.0 Å². The third-order valence-electron chi connectivity index (χ3n) is 3.31. The maximum absolute atomic E-state index is 5.24. The SMILES string of the molecule is S=C(NCCc1cccc2cccnc12)NC1CC1. The minimum Gasteiger partial charge on any atom is -0.362 e. The first-order valence-electron chi connectivity index (χ1n) is 6.70. The summed E-state index contributed by atoms with van der Waals surface area (Å²) in [5.41, 5.74) is 2.35. The van der Waals surface area contributed by atoms with Gasteiger partial charge in [0.25, 0.3) is 0 Å². The lowest BCUT2D eigenvalue weighted by Crippen LogP contribution is -2.37. The molecule has 0 unspecified atom stereocenters. The lowest BCUT2D eigenvalue weighted by molar-refractivity contribution is 0.813. The third-order valence-corrected chi connectivity index (χ3v) is 3.57. The summed E-state index contributed by atoms with van der Waals surface area (Å²) in [5.74, 6) is 0. The van der Waals surface area contributed by atoms with Gasteiger partial charge in [-0.3, -0.25) is 4.98 Å². The van der Waals surface area contributed by atoms with Crippen molar-refractivity contribution in [3.63, 3.8) is 0 Å². The Bertz CT molecular complexity index is 587. The van der Waals surface area contributed by atoms with Gasteiger partial charge in [-0.2, -0.15) is 0 Å². The molecule has 3 nitrogen and oxygen atoms in total. The molecular weight excluding hydrogens is 254 g/mol. The summed E-state index contributed by atoms with van der Waals surface area (Å²) in [4.78, 5) is 4.46. The van der Waals surface area contributed by atoms with Crippen molar-refractivity contribution in [1.82, 2.24) is 15.6 Å². The molecule has 1 fully saturated rings. The van der Waals surface area contributed by atoms with E-state index in [4.69, 9.17) is 12.2 Å². The quantitative estimate of drug-likeness (QED) is 0.837. The first-order chi connectivity index (χ1) is 9.33. The maximum Gasteiger partial charge on any atom is 0.166 e. The summed E-state index contributed by atoms with van der Waals surface area (Å²) in [6.45, 7) is 0.842. The second kappa shape index (κ2) is 5.53. The number of rotatable bonds is 4. The zero-order valence-corrected chi connectivity index (χ0v) is 11.5. The standard InChI is InChI=1S/C15H17N3S/c19-15(18-13-6-7-13)17-10-8-12-4-1-3-11-5-2-9-16-14(11)12/h1-5,9,13H,6-8,10H2,(H2,17,18,19). The van der Waals surface area contributed by atoms with Gasteiger partial charge in [-0.25, -0.2) is 0 Å². The fraction of sp³-hybridized carbons (Fsp3) is 0.333. The van der Waals surface area contributed by atoms with Crippen molar-refractivity contribution in [3.05, 3.63) is 42.1 Å². The smallest absolute Gasteiger partial charge is 0.166 e. The average molecular weight is 271 g/mol. The Morgan fingerprint density at radius 1 is 1.26 bits per heavy atom. The van der Waals surface area contributed by atoms with Crippen LogP contribution in [-0.2, 0) is 6.42 Å². The molecule has 1 aliphatic rings. The van der Waals surface area contributed by atoms with E-state index in [0.717, 1.165) is 23.6 Å². The van der Waals surface area contributed by atoms with Crippen LogP contribution in [0.3, 0.4) is 0 Å². The molecule has 0 radical (unpaired) electrons. The molecule has 2 aromatic rings. The Morgan fingerprint density at radius 3 is 2.95 bits per heavy atom. The van der Waals surface area contributed by atoms with E-state index in [9.17, 15) is 0 Å². The van der Waals surface area contributed by atoms with Crippen LogP contribution < -0.4 is 10.6 Å². The fourth-order valence-corrected chi connectivity index (χ4v) is 2.41. The molecule has 0 saturated heterocycles. The van der Waals surface area contributed by atoms with Gasteiger partial charge in [0.2, 0.25) is 0 Å². The largest absolute Gasteiger partial charge is 0.362 e. The van der Waals surface area contributed by atoms with E-state index in [0.29, 0.717) is 6.04 Å². The number of hydrogen-bond acceptors (Lipinski definition) is 2. The van der Waals surface area contributed by atoms with Crippen molar-refractivity contribution in [2.24, 2.45) is 0 Å². The summed E-state index contributed by atoms with van der Waals surface area (Å²) >= 11 is 5.24. The highest BCUT2D eigenvalue weighted by atomic mass is 32.1. The highest BCUT2D eigenvalue weighted by Crippen LogP contribution is 2.18. The number of nitrogens with one attached hydrogen (secondary N) is 2. The average Bonchev–Trinajstić information content (AvgIpc) is 3.23. The van der Waals surface area contributed by atoms with Gasteiger partial charge in [0.1, 0.15) is 0 Å². The minimum atomic E-state index is 0.610. The molecule has 0 spiro atoms. The Hall–Kier alpha value is -1.68. The molecule has 19 heavy (non-hydrogen) atoms. The van der Waals surface area contributed by atoms with Gasteiger partial charge in [0, 0.05) is 24.2 Å². The highest BCUT2D eigenvalue weighted by Gasteiger charge is 2.21. The van der Waals surface area contributed by atoms with Gasteiger partial charge >= 0.3 is 0 Å². The number of nitrogens with zero attached hydrogens (tertiary/aromatic N) is 1. The van der Waals surface area contributed by atoms with Crippen molar-refractivity contribution in [2.75, 3.05) is 6.54 Å². The van der Waals surface area contributed by atoms with Crippen LogP contribution in [-0.4, -0.2) is 22.7 Å². The van der Waals surface area contributed by atoms with E-state index in [2.05, 4.69) is 39.9 Å². The molecule has 4 heteroatoms. The molecule has 0 amide bonds. The molecule has 0 aliphatic heterocycles. The van der Waals surface area contributed by atoms with E-state index in [1.807, 2.05) is 12.3 Å². The predicted molar refractivity (Wildman–Crippen MR) is 82.2 cm³/mol. The van der Waals surface area contributed by atoms with Crippen LogP contribution >= 0.6 is 12.2 Å². The number of benzene rings is 1. The number of fused-ring (bicyclic) bond motifs is 1. The van der Waals surface area contributed by atoms with Crippen molar-refractivity contribution in [1.29, 1.82) is 0 Å². The van der Waals surface area contributed by atoms with E-state index < -0.39 is 0 Å². The predicted octanol–water partition coefficient (Wildman–Crippen LogP) is 2.40. The van der Waals surface area contributed by atoms with Gasteiger partial charge in [0.15, 0.2) is 5.11 Å². The molecule has 0 atom stereocenters. The zero-order chi connectivity index (χ0) is 13.1. The molecular formula is C15H17N3S. The monoisotopic (exact) mass is 271 g/mol. The number of aromatic nitrogens is 1. The van der Waals surface area contributed by atoms with Crippen molar-refractivity contribution in [2.45, 2.75) is 25.3 Å². The Morgan fingerprint density at radius 2 is 2.11 bits per heavy atom. The molecule has 1 aromatic heterocycles. The molecule has 3 rings (SSSR count). The Balaban J connectivity index is 1.60. The van der Waals surface area contributed by atoms with Gasteiger partial charge < -0.3 is 10.6 Å². The van der Waals surface area contributed by atoms with Crippen molar-refractivity contribution in [3.8, 4) is 0 Å². The summed E-state index contributed by atoms with van der Waals surface area (Å²) in [5, 5.41) is 8.51. The van der Waals surface area contributed by atoms with Crippen LogP contribution in [0.5, 0.6) is 0 Å². The van der Waals surface area contributed by atoms with Gasteiger partial charge in [-0.15, -0.1) is 0 Å². The highest BCUT2D eigenvalue weighted by molar-refractivity contribution is 7.80. The number of thiocarbonyl (C=S) groups is 1. The second-order valence-corrected chi connectivity index (χ2v) is 5.33. The molecule has 1 saturated carbocycles.